The molecule has 1 aliphatic heterocycles. The van der Waals surface area contributed by atoms with Crippen molar-refractivity contribution in [3.63, 3.8) is 0 Å². The first-order chi connectivity index (χ1) is 3.43. The Balaban J connectivity index is 2.57. The van der Waals surface area contributed by atoms with E-state index in [-0.39, 0.29) is 0 Å². The van der Waals surface area contributed by atoms with Crippen LogP contribution in [0.2, 0.25) is 0 Å². The van der Waals surface area contributed by atoms with Gasteiger partial charge in [0.05, 0.1) is 6.54 Å². The maximum Gasteiger partial charge on any atom is 0.169 e. The van der Waals surface area contributed by atoms with Gasteiger partial charge in [-0.15, -0.1) is 0 Å². The van der Waals surface area contributed by atoms with E-state index >= 15 is 0 Å². The maximum absolute atomic E-state index is 8.14. The van der Waals surface area contributed by atoms with Crippen molar-refractivity contribution < 1.29 is 0 Å². The van der Waals surface area contributed by atoms with Crippen LogP contribution in [-0.4, -0.2) is 11.6 Å². The molecule has 0 spiro atoms. The number of rotatable bonds is 0. The first-order valence-electron chi connectivity index (χ1n) is 1.86. The third kappa shape index (κ3) is 0.937. The number of nitriles is 1. The van der Waals surface area contributed by atoms with Crippen LogP contribution in [-0.2, 0) is 0 Å². The highest BCUT2D eigenvalue weighted by Gasteiger charge is 2.03. The van der Waals surface area contributed by atoms with Crippen molar-refractivity contribution in [3.8, 4) is 6.07 Å². The molecular formula is C4H3N2S. The van der Waals surface area contributed by atoms with Gasteiger partial charge in [0, 0.05) is 5.75 Å². The Morgan fingerprint density at radius 2 is 2.86 bits per heavy atom. The molecule has 0 saturated heterocycles. The third-order valence-electron chi connectivity index (χ3n) is 0.600. The molecule has 1 heterocycles. The van der Waals surface area contributed by atoms with E-state index in [0.29, 0.717) is 11.6 Å². The largest absolute Gasteiger partial charge is 0.267 e. The van der Waals surface area contributed by atoms with Gasteiger partial charge in [-0.1, -0.05) is 11.8 Å². The molecule has 0 unspecified atom stereocenters. The molecule has 1 radical (unpaired) electrons. The number of hydrogen-bond acceptors (Lipinski definition) is 3. The zero-order valence-electron chi connectivity index (χ0n) is 3.59. The highest BCUT2D eigenvalue weighted by Crippen LogP contribution is 2.14. The van der Waals surface area contributed by atoms with Crippen LogP contribution in [0.25, 0.3) is 0 Å². The Kier molecular flexibility index (Phi) is 1.32. The van der Waals surface area contributed by atoms with Gasteiger partial charge >= 0.3 is 0 Å². The van der Waals surface area contributed by atoms with Gasteiger partial charge in [0.1, 0.15) is 6.07 Å². The second kappa shape index (κ2) is 1.99. The number of hydrogen-bond donors (Lipinski definition) is 0. The van der Waals surface area contributed by atoms with Gasteiger partial charge in [0.25, 0.3) is 0 Å². The van der Waals surface area contributed by atoms with E-state index in [9.17, 15) is 0 Å². The van der Waals surface area contributed by atoms with Gasteiger partial charge < -0.3 is 0 Å². The molecule has 0 saturated carbocycles. The lowest BCUT2D eigenvalue weighted by molar-refractivity contribution is 1.25. The van der Waals surface area contributed by atoms with Crippen LogP contribution in [0.4, 0.5) is 0 Å². The minimum atomic E-state index is 0.583. The summed E-state index contributed by atoms with van der Waals surface area (Å²) in [5.74, 6) is 1.90. The Morgan fingerprint density at radius 3 is 3.14 bits per heavy atom. The summed E-state index contributed by atoms with van der Waals surface area (Å²) < 4.78 is 0. The van der Waals surface area contributed by atoms with E-state index in [1.165, 1.54) is 11.8 Å². The van der Waals surface area contributed by atoms with Crippen LogP contribution < -0.4 is 0 Å². The van der Waals surface area contributed by atoms with Gasteiger partial charge in [0.15, 0.2) is 5.04 Å². The maximum atomic E-state index is 8.14. The van der Waals surface area contributed by atoms with Crippen LogP contribution in [0.5, 0.6) is 0 Å². The summed E-state index contributed by atoms with van der Waals surface area (Å²) in [5, 5.41) is 8.73. The Bertz CT molecular complexity index is 133. The lowest BCUT2D eigenvalue weighted by atomic mass is 10.7. The first-order valence-corrected chi connectivity index (χ1v) is 2.74. The smallest absolute Gasteiger partial charge is 0.169 e. The van der Waals surface area contributed by atoms with E-state index < -0.39 is 0 Å². The first kappa shape index (κ1) is 4.66. The van der Waals surface area contributed by atoms with Crippen molar-refractivity contribution in [2.75, 3.05) is 6.54 Å². The normalized spacial score (nSPS) is 18.4. The summed E-state index contributed by atoms with van der Waals surface area (Å²) in [6.45, 7) is 0.702. The van der Waals surface area contributed by atoms with Crippen LogP contribution >= 0.6 is 11.8 Å². The molecule has 0 amide bonds. The molecule has 3 heteroatoms. The second-order valence-corrected chi connectivity index (χ2v) is 2.00. The number of aliphatic imine (C=N–C) groups is 1. The molecule has 0 aromatic carbocycles. The SMILES string of the molecule is N#CC1=NC[CH]S1. The predicted molar refractivity (Wildman–Crippen MR) is 29.8 cm³/mol. The molecule has 0 aromatic heterocycles. The van der Waals surface area contributed by atoms with Gasteiger partial charge in [0.2, 0.25) is 0 Å². The standard InChI is InChI=1S/C4H3N2S/c5-3-4-6-1-2-7-4/h2H,1H2. The second-order valence-electron chi connectivity index (χ2n) is 1.04. The summed E-state index contributed by atoms with van der Waals surface area (Å²) in [6.07, 6.45) is 0. The molecule has 0 N–H and O–H groups in total. The summed E-state index contributed by atoms with van der Waals surface area (Å²) >= 11 is 1.41. The zero-order chi connectivity index (χ0) is 5.11. The van der Waals surface area contributed by atoms with Gasteiger partial charge in [-0.3, -0.25) is 4.99 Å². The molecular weight excluding hydrogens is 108 g/mol. The summed E-state index contributed by atoms with van der Waals surface area (Å²) in [7, 11) is 0. The molecule has 0 bridgehead atoms. The van der Waals surface area contributed by atoms with E-state index in [4.69, 9.17) is 5.26 Å². The minimum Gasteiger partial charge on any atom is -0.267 e. The van der Waals surface area contributed by atoms with E-state index in [1.807, 2.05) is 11.8 Å². The van der Waals surface area contributed by atoms with Gasteiger partial charge in [-0.25, -0.2) is 0 Å². The van der Waals surface area contributed by atoms with Crippen LogP contribution in [0, 0.1) is 17.1 Å². The van der Waals surface area contributed by atoms with E-state index in [0.717, 1.165) is 0 Å². The monoisotopic (exact) mass is 111 g/mol. The van der Waals surface area contributed by atoms with Crippen LogP contribution in [0.3, 0.4) is 0 Å². The molecule has 1 rings (SSSR count). The van der Waals surface area contributed by atoms with Crippen molar-refractivity contribution in [1.29, 1.82) is 5.26 Å². The molecule has 0 fully saturated rings. The average Bonchev–Trinajstić information content (AvgIpc) is 2.14. The predicted octanol–water partition coefficient (Wildman–Crippen LogP) is 0.817. The highest BCUT2D eigenvalue weighted by molar-refractivity contribution is 8.16. The highest BCUT2D eigenvalue weighted by atomic mass is 32.2. The fraction of sp³-hybridized carbons (Fsp3) is 0.250. The fourth-order valence-electron chi connectivity index (χ4n) is 0.335. The minimum absolute atomic E-state index is 0.583. The van der Waals surface area contributed by atoms with Crippen molar-refractivity contribution >= 4 is 16.8 Å². The molecule has 7 heavy (non-hydrogen) atoms. The molecule has 1 aliphatic rings. The topological polar surface area (TPSA) is 36.1 Å². The molecule has 0 aromatic rings. The van der Waals surface area contributed by atoms with Crippen molar-refractivity contribution in [1.82, 2.24) is 0 Å². The van der Waals surface area contributed by atoms with Crippen LogP contribution in [0.1, 0.15) is 0 Å². The van der Waals surface area contributed by atoms with Crippen molar-refractivity contribution in [2.45, 2.75) is 0 Å². The lowest BCUT2D eigenvalue weighted by Gasteiger charge is -1.72. The molecule has 2 nitrogen and oxygen atoms in total. The molecule has 35 valence electrons. The zero-order valence-corrected chi connectivity index (χ0v) is 4.40. The number of nitrogens with zero attached hydrogens (tertiary/aromatic N) is 2. The van der Waals surface area contributed by atoms with Crippen LogP contribution in [0.15, 0.2) is 4.99 Å². The fourth-order valence-corrected chi connectivity index (χ4v) is 0.844. The average molecular weight is 111 g/mol. The summed E-state index contributed by atoms with van der Waals surface area (Å²) in [4.78, 5) is 3.82. The Labute approximate surface area is 46.2 Å². The van der Waals surface area contributed by atoms with Gasteiger partial charge in [-0.05, 0) is 0 Å². The summed E-state index contributed by atoms with van der Waals surface area (Å²) in [5.41, 5.74) is 0. The summed E-state index contributed by atoms with van der Waals surface area (Å²) in [6, 6.07) is 1.95. The third-order valence-corrected chi connectivity index (χ3v) is 1.36. The number of thioether (sulfide) groups is 1. The van der Waals surface area contributed by atoms with Crippen molar-refractivity contribution in [3.05, 3.63) is 5.75 Å². The van der Waals surface area contributed by atoms with Gasteiger partial charge in [-0.2, -0.15) is 5.26 Å². The lowest BCUT2D eigenvalue weighted by Crippen LogP contribution is -1.74. The van der Waals surface area contributed by atoms with E-state index in [2.05, 4.69) is 4.99 Å². The van der Waals surface area contributed by atoms with Crippen molar-refractivity contribution in [2.24, 2.45) is 4.99 Å². The molecule has 0 atom stereocenters. The Hall–Kier alpha value is -0.490. The molecule has 0 aliphatic carbocycles. The Morgan fingerprint density at radius 1 is 2.00 bits per heavy atom. The quantitative estimate of drug-likeness (QED) is 0.464. The van der Waals surface area contributed by atoms with E-state index in [1.54, 1.807) is 0 Å².